The zero-order valence-electron chi connectivity index (χ0n) is 8.65. The Hall–Kier alpha value is -1.90. The number of anilines is 1. The summed E-state index contributed by atoms with van der Waals surface area (Å²) < 4.78 is 0. The Bertz CT molecular complexity index is 474. The fraction of sp³-hybridized carbons (Fsp3) is 0.167. The minimum Gasteiger partial charge on any atom is -0.269 e. The standard InChI is InChI=1S/C12H11NO2/c1-8-4-3-5-10(6-8)13-11(14)7-9(2)12(13)15/h3-7H,1-2H3. The summed E-state index contributed by atoms with van der Waals surface area (Å²) in [5, 5.41) is 0. The van der Waals surface area contributed by atoms with Gasteiger partial charge in [0.15, 0.2) is 0 Å². The normalized spacial score (nSPS) is 15.9. The molecule has 3 heteroatoms. The SMILES string of the molecule is CC1=CC(=O)N(c2cccc(C)c2)C1=O. The predicted octanol–water partition coefficient (Wildman–Crippen LogP) is 1.81. The van der Waals surface area contributed by atoms with Crippen LogP contribution in [0.1, 0.15) is 12.5 Å². The molecule has 2 amide bonds. The first-order chi connectivity index (χ1) is 7.09. The molecule has 1 aliphatic heterocycles. The Labute approximate surface area is 88.0 Å². The molecular formula is C12H11NO2. The van der Waals surface area contributed by atoms with Crippen molar-refractivity contribution >= 4 is 17.5 Å². The van der Waals surface area contributed by atoms with E-state index in [2.05, 4.69) is 0 Å². The van der Waals surface area contributed by atoms with Gasteiger partial charge in [0.1, 0.15) is 0 Å². The van der Waals surface area contributed by atoms with E-state index in [4.69, 9.17) is 0 Å². The van der Waals surface area contributed by atoms with E-state index in [1.165, 1.54) is 11.0 Å². The second kappa shape index (κ2) is 3.35. The third-order valence-electron chi connectivity index (χ3n) is 2.36. The monoisotopic (exact) mass is 201 g/mol. The number of nitrogens with zero attached hydrogens (tertiary/aromatic N) is 1. The number of hydrogen-bond donors (Lipinski definition) is 0. The fourth-order valence-electron chi connectivity index (χ4n) is 1.60. The number of benzene rings is 1. The minimum atomic E-state index is -0.261. The number of amides is 2. The van der Waals surface area contributed by atoms with Crippen molar-refractivity contribution in [2.24, 2.45) is 0 Å². The number of rotatable bonds is 1. The average Bonchev–Trinajstić information content (AvgIpc) is 2.41. The van der Waals surface area contributed by atoms with Crippen molar-refractivity contribution in [3.63, 3.8) is 0 Å². The van der Waals surface area contributed by atoms with E-state index in [0.29, 0.717) is 11.3 Å². The van der Waals surface area contributed by atoms with E-state index in [1.807, 2.05) is 25.1 Å². The van der Waals surface area contributed by atoms with Crippen molar-refractivity contribution in [2.75, 3.05) is 4.90 Å². The Morgan fingerprint density at radius 1 is 1.13 bits per heavy atom. The van der Waals surface area contributed by atoms with Gasteiger partial charge in [0.25, 0.3) is 11.8 Å². The highest BCUT2D eigenvalue weighted by molar-refractivity contribution is 6.30. The lowest BCUT2D eigenvalue weighted by Crippen LogP contribution is -2.30. The zero-order chi connectivity index (χ0) is 11.0. The lowest BCUT2D eigenvalue weighted by Gasteiger charge is -2.14. The van der Waals surface area contributed by atoms with Gasteiger partial charge < -0.3 is 0 Å². The molecule has 1 aromatic carbocycles. The molecule has 1 heterocycles. The van der Waals surface area contributed by atoms with Gasteiger partial charge in [-0.25, -0.2) is 4.90 Å². The summed E-state index contributed by atoms with van der Waals surface area (Å²) in [7, 11) is 0. The Morgan fingerprint density at radius 2 is 1.87 bits per heavy atom. The molecule has 0 saturated heterocycles. The highest BCUT2D eigenvalue weighted by Crippen LogP contribution is 2.22. The topological polar surface area (TPSA) is 37.4 Å². The molecule has 0 N–H and O–H groups in total. The van der Waals surface area contributed by atoms with Gasteiger partial charge in [-0.1, -0.05) is 12.1 Å². The fourth-order valence-corrected chi connectivity index (χ4v) is 1.60. The Kier molecular flexibility index (Phi) is 2.15. The number of aryl methyl sites for hydroxylation is 1. The molecule has 0 bridgehead atoms. The van der Waals surface area contributed by atoms with Crippen LogP contribution in [0.5, 0.6) is 0 Å². The van der Waals surface area contributed by atoms with Gasteiger partial charge >= 0.3 is 0 Å². The molecule has 0 aromatic heterocycles. The van der Waals surface area contributed by atoms with Crippen LogP contribution in [-0.2, 0) is 9.59 Å². The molecule has 0 atom stereocenters. The molecule has 3 nitrogen and oxygen atoms in total. The van der Waals surface area contributed by atoms with Gasteiger partial charge in [-0.3, -0.25) is 9.59 Å². The molecular weight excluding hydrogens is 190 g/mol. The minimum absolute atomic E-state index is 0.231. The van der Waals surface area contributed by atoms with Crippen LogP contribution in [0.15, 0.2) is 35.9 Å². The lowest BCUT2D eigenvalue weighted by molar-refractivity contribution is -0.120. The van der Waals surface area contributed by atoms with Gasteiger partial charge in [-0.2, -0.15) is 0 Å². The molecule has 0 aliphatic carbocycles. The van der Waals surface area contributed by atoms with Crippen LogP contribution in [0.2, 0.25) is 0 Å². The van der Waals surface area contributed by atoms with Gasteiger partial charge in [-0.15, -0.1) is 0 Å². The molecule has 76 valence electrons. The van der Waals surface area contributed by atoms with Crippen molar-refractivity contribution < 1.29 is 9.59 Å². The maximum Gasteiger partial charge on any atom is 0.261 e. The van der Waals surface area contributed by atoms with Gasteiger partial charge in [-0.05, 0) is 31.5 Å². The van der Waals surface area contributed by atoms with Crippen molar-refractivity contribution in [3.05, 3.63) is 41.5 Å². The van der Waals surface area contributed by atoms with Crippen LogP contribution >= 0.6 is 0 Å². The largest absolute Gasteiger partial charge is 0.269 e. The van der Waals surface area contributed by atoms with Crippen LogP contribution in [0, 0.1) is 6.92 Å². The van der Waals surface area contributed by atoms with Crippen LogP contribution < -0.4 is 4.90 Å². The quantitative estimate of drug-likeness (QED) is 0.650. The highest BCUT2D eigenvalue weighted by atomic mass is 16.2. The predicted molar refractivity (Wildman–Crippen MR) is 57.4 cm³/mol. The van der Waals surface area contributed by atoms with E-state index < -0.39 is 0 Å². The average molecular weight is 201 g/mol. The van der Waals surface area contributed by atoms with Crippen LogP contribution in [0.3, 0.4) is 0 Å². The summed E-state index contributed by atoms with van der Waals surface area (Å²) in [6, 6.07) is 7.34. The number of imide groups is 1. The first kappa shape index (κ1) is 9.65. The van der Waals surface area contributed by atoms with Crippen LogP contribution in [0.4, 0.5) is 5.69 Å². The van der Waals surface area contributed by atoms with Gasteiger partial charge in [0.05, 0.1) is 5.69 Å². The van der Waals surface area contributed by atoms with Gasteiger partial charge in [0.2, 0.25) is 0 Å². The van der Waals surface area contributed by atoms with Crippen molar-refractivity contribution in [1.82, 2.24) is 0 Å². The smallest absolute Gasteiger partial charge is 0.261 e. The van der Waals surface area contributed by atoms with E-state index in [1.54, 1.807) is 13.0 Å². The molecule has 0 radical (unpaired) electrons. The Morgan fingerprint density at radius 3 is 2.40 bits per heavy atom. The first-order valence-corrected chi connectivity index (χ1v) is 4.73. The van der Waals surface area contributed by atoms with E-state index in [9.17, 15) is 9.59 Å². The lowest BCUT2D eigenvalue weighted by atomic mass is 10.2. The number of carbonyl (C=O) groups excluding carboxylic acids is 2. The third-order valence-corrected chi connectivity index (χ3v) is 2.36. The third kappa shape index (κ3) is 1.56. The summed E-state index contributed by atoms with van der Waals surface area (Å²) in [4.78, 5) is 24.4. The molecule has 0 spiro atoms. The summed E-state index contributed by atoms with van der Waals surface area (Å²) in [6.45, 7) is 3.57. The van der Waals surface area contributed by atoms with Crippen molar-refractivity contribution in [2.45, 2.75) is 13.8 Å². The summed E-state index contributed by atoms with van der Waals surface area (Å²) >= 11 is 0. The van der Waals surface area contributed by atoms with E-state index in [-0.39, 0.29) is 11.8 Å². The van der Waals surface area contributed by atoms with Crippen molar-refractivity contribution in [1.29, 1.82) is 0 Å². The molecule has 0 saturated carbocycles. The summed E-state index contributed by atoms with van der Waals surface area (Å²) in [5.74, 6) is -0.492. The second-order valence-electron chi connectivity index (χ2n) is 3.65. The maximum absolute atomic E-state index is 11.7. The van der Waals surface area contributed by atoms with E-state index >= 15 is 0 Å². The summed E-state index contributed by atoms with van der Waals surface area (Å²) in [6.07, 6.45) is 1.37. The first-order valence-electron chi connectivity index (χ1n) is 4.73. The van der Waals surface area contributed by atoms with Crippen LogP contribution in [0.25, 0.3) is 0 Å². The van der Waals surface area contributed by atoms with Crippen LogP contribution in [-0.4, -0.2) is 11.8 Å². The molecule has 0 fully saturated rings. The second-order valence-corrected chi connectivity index (χ2v) is 3.65. The maximum atomic E-state index is 11.7. The zero-order valence-corrected chi connectivity index (χ0v) is 8.65. The molecule has 0 unspecified atom stereocenters. The Balaban J connectivity index is 2.42. The number of hydrogen-bond acceptors (Lipinski definition) is 2. The van der Waals surface area contributed by atoms with E-state index in [0.717, 1.165) is 5.56 Å². The van der Waals surface area contributed by atoms with Gasteiger partial charge in [0, 0.05) is 11.6 Å². The summed E-state index contributed by atoms with van der Waals surface area (Å²) in [5.41, 5.74) is 2.15. The highest BCUT2D eigenvalue weighted by Gasteiger charge is 2.29. The molecule has 1 aromatic rings. The van der Waals surface area contributed by atoms with Crippen molar-refractivity contribution in [3.8, 4) is 0 Å². The molecule has 15 heavy (non-hydrogen) atoms. The molecule has 1 aliphatic rings. The number of carbonyl (C=O) groups is 2. The molecule has 2 rings (SSSR count).